The van der Waals surface area contributed by atoms with Crippen molar-refractivity contribution in [3.63, 3.8) is 0 Å². The van der Waals surface area contributed by atoms with Crippen LogP contribution < -0.4 is 0 Å². The van der Waals surface area contributed by atoms with Crippen molar-refractivity contribution in [1.82, 2.24) is 4.98 Å². The van der Waals surface area contributed by atoms with Gasteiger partial charge in [0, 0.05) is 23.9 Å². The Bertz CT molecular complexity index is 889. The first-order chi connectivity index (χ1) is 14.0. The van der Waals surface area contributed by atoms with Gasteiger partial charge < -0.3 is 25.2 Å². The largest absolute Gasteiger partial charge is 0.417 e. The van der Waals surface area contributed by atoms with Crippen molar-refractivity contribution in [3.8, 4) is 11.1 Å². The first-order valence-corrected chi connectivity index (χ1v) is 9.48. The van der Waals surface area contributed by atoms with Crippen LogP contribution in [0.25, 0.3) is 11.1 Å². The molecule has 1 aliphatic rings. The van der Waals surface area contributed by atoms with E-state index in [-0.39, 0.29) is 0 Å². The maximum absolute atomic E-state index is 13.0. The van der Waals surface area contributed by atoms with Crippen LogP contribution in [0.1, 0.15) is 29.5 Å². The second-order valence-electron chi connectivity index (χ2n) is 7.61. The van der Waals surface area contributed by atoms with E-state index in [0.717, 1.165) is 23.4 Å². The maximum Gasteiger partial charge on any atom is 0.417 e. The van der Waals surface area contributed by atoms with Gasteiger partial charge in [-0.3, -0.25) is 4.98 Å². The number of aliphatic hydroxyl groups excluding tert-OH is 4. The van der Waals surface area contributed by atoms with Gasteiger partial charge >= 0.3 is 6.18 Å². The minimum atomic E-state index is -4.49. The van der Waals surface area contributed by atoms with Crippen LogP contribution >= 0.6 is 0 Å². The highest BCUT2D eigenvalue weighted by atomic mass is 19.4. The number of aliphatic hydroxyl groups is 4. The van der Waals surface area contributed by atoms with E-state index >= 15 is 0 Å². The molecule has 1 fully saturated rings. The molecule has 0 amide bonds. The van der Waals surface area contributed by atoms with Crippen LogP contribution in [0.5, 0.6) is 0 Å². The Balaban J connectivity index is 1.88. The number of benzene rings is 1. The number of aryl methyl sites for hydroxylation is 1. The molecule has 6 nitrogen and oxygen atoms in total. The summed E-state index contributed by atoms with van der Waals surface area (Å²) in [5, 5.41) is 39.7. The summed E-state index contributed by atoms with van der Waals surface area (Å²) in [4.78, 5) is 3.68. The maximum atomic E-state index is 13.0. The second kappa shape index (κ2) is 8.60. The minimum Gasteiger partial charge on any atom is -0.394 e. The van der Waals surface area contributed by atoms with Crippen LogP contribution in [-0.2, 0) is 10.9 Å². The quantitative estimate of drug-likeness (QED) is 0.596. The van der Waals surface area contributed by atoms with E-state index in [0.29, 0.717) is 11.1 Å². The van der Waals surface area contributed by atoms with Crippen molar-refractivity contribution >= 4 is 0 Å². The summed E-state index contributed by atoms with van der Waals surface area (Å²) in [5.74, 6) is -0.426. The Kier molecular flexibility index (Phi) is 6.49. The predicted molar refractivity (Wildman–Crippen MR) is 102 cm³/mol. The van der Waals surface area contributed by atoms with Crippen LogP contribution in [0, 0.1) is 6.92 Å². The number of nitrogens with zero attached hydrogens (tertiary/aromatic N) is 1. The molecule has 1 aromatic carbocycles. The second-order valence-corrected chi connectivity index (χ2v) is 7.61. The van der Waals surface area contributed by atoms with E-state index in [9.17, 15) is 33.6 Å². The van der Waals surface area contributed by atoms with Gasteiger partial charge in [-0.25, -0.2) is 0 Å². The zero-order valence-electron chi connectivity index (χ0n) is 16.4. The molecule has 164 valence electrons. The third-order valence-corrected chi connectivity index (χ3v) is 5.58. The molecular weight excluding hydrogens is 403 g/mol. The molecule has 1 saturated heterocycles. The van der Waals surface area contributed by atoms with Crippen molar-refractivity contribution in [3.05, 3.63) is 53.3 Å². The fraction of sp³-hybridized carbons (Fsp3) is 0.476. The van der Waals surface area contributed by atoms with Crippen LogP contribution in [0.4, 0.5) is 13.2 Å². The molecule has 1 aliphatic heterocycles. The van der Waals surface area contributed by atoms with E-state index in [2.05, 4.69) is 4.98 Å². The van der Waals surface area contributed by atoms with Gasteiger partial charge in [0.05, 0.1) is 18.3 Å². The highest BCUT2D eigenvalue weighted by Gasteiger charge is 2.45. The highest BCUT2D eigenvalue weighted by Crippen LogP contribution is 2.35. The van der Waals surface area contributed by atoms with Gasteiger partial charge in [-0.2, -0.15) is 13.2 Å². The molecule has 1 unspecified atom stereocenters. The molecule has 6 atom stereocenters. The average Bonchev–Trinajstić information content (AvgIpc) is 2.71. The van der Waals surface area contributed by atoms with E-state index in [1.165, 1.54) is 6.20 Å². The van der Waals surface area contributed by atoms with E-state index < -0.39 is 54.8 Å². The standard InChI is InChI=1S/C21H24F3NO5/c1-10-5-12(13-6-14(8-25-7-13)21(22,23)24)3-4-15(10)11(2)20-19(29)18(28)17(27)16(9-26)30-20/h3-8,11,16-20,26-29H,9H2,1-2H3/t11?,16-,17-,18+,19+,20-/m1/s1. The van der Waals surface area contributed by atoms with Gasteiger partial charge in [0.15, 0.2) is 0 Å². The van der Waals surface area contributed by atoms with Gasteiger partial charge in [-0.05, 0) is 29.7 Å². The lowest BCUT2D eigenvalue weighted by Crippen LogP contribution is -2.59. The molecular formula is C21H24F3NO5. The summed E-state index contributed by atoms with van der Waals surface area (Å²) in [5.41, 5.74) is 1.53. The predicted octanol–water partition coefficient (Wildman–Crippen LogP) is 2.02. The zero-order chi connectivity index (χ0) is 22.2. The fourth-order valence-electron chi connectivity index (χ4n) is 3.84. The lowest BCUT2D eigenvalue weighted by atomic mass is 9.83. The van der Waals surface area contributed by atoms with Gasteiger partial charge in [0.2, 0.25) is 0 Å². The average molecular weight is 427 g/mol. The zero-order valence-corrected chi connectivity index (χ0v) is 16.4. The van der Waals surface area contributed by atoms with E-state index in [1.54, 1.807) is 32.0 Å². The van der Waals surface area contributed by atoms with Crippen molar-refractivity contribution in [2.45, 2.75) is 56.5 Å². The molecule has 0 aliphatic carbocycles. The third kappa shape index (κ3) is 4.35. The van der Waals surface area contributed by atoms with Gasteiger partial charge in [-0.1, -0.05) is 25.1 Å². The van der Waals surface area contributed by atoms with Crippen LogP contribution in [0.2, 0.25) is 0 Å². The monoisotopic (exact) mass is 427 g/mol. The smallest absolute Gasteiger partial charge is 0.394 e. The minimum absolute atomic E-state index is 0.319. The molecule has 0 bridgehead atoms. The number of pyridine rings is 1. The lowest BCUT2D eigenvalue weighted by Gasteiger charge is -2.42. The molecule has 1 aromatic heterocycles. The van der Waals surface area contributed by atoms with Crippen LogP contribution in [-0.4, -0.2) is 62.5 Å². The molecule has 0 radical (unpaired) electrons. The van der Waals surface area contributed by atoms with Gasteiger partial charge in [-0.15, -0.1) is 0 Å². The molecule has 2 heterocycles. The fourth-order valence-corrected chi connectivity index (χ4v) is 3.84. The summed E-state index contributed by atoms with van der Waals surface area (Å²) in [6, 6.07) is 6.12. The third-order valence-electron chi connectivity index (χ3n) is 5.58. The lowest BCUT2D eigenvalue weighted by molar-refractivity contribution is -0.233. The Hall–Kier alpha value is -2.04. The molecule has 0 spiro atoms. The number of hydrogen-bond donors (Lipinski definition) is 4. The SMILES string of the molecule is Cc1cc(-c2cncc(C(F)(F)F)c2)ccc1C(C)[C@H]1O[C@H](CO)[C@@H](O)[C@H](O)[C@@H]1O. The summed E-state index contributed by atoms with van der Waals surface area (Å²) >= 11 is 0. The topological polar surface area (TPSA) is 103 Å². The Labute approximate surface area is 171 Å². The number of rotatable bonds is 4. The van der Waals surface area contributed by atoms with Crippen LogP contribution in [0.15, 0.2) is 36.7 Å². The summed E-state index contributed by atoms with van der Waals surface area (Å²) in [7, 11) is 0. The molecule has 0 saturated carbocycles. The van der Waals surface area contributed by atoms with E-state index in [1.807, 2.05) is 0 Å². The number of alkyl halides is 3. The molecule has 30 heavy (non-hydrogen) atoms. The van der Waals surface area contributed by atoms with Crippen molar-refractivity contribution < 1.29 is 38.3 Å². The molecule has 2 aromatic rings. The Morgan fingerprint density at radius 1 is 1.03 bits per heavy atom. The van der Waals surface area contributed by atoms with Crippen molar-refractivity contribution in [2.24, 2.45) is 0 Å². The van der Waals surface area contributed by atoms with Crippen molar-refractivity contribution in [1.29, 1.82) is 0 Å². The number of halogens is 3. The normalized spacial score (nSPS) is 28.4. The van der Waals surface area contributed by atoms with Crippen molar-refractivity contribution in [2.75, 3.05) is 6.61 Å². The Morgan fingerprint density at radius 3 is 2.33 bits per heavy atom. The summed E-state index contributed by atoms with van der Waals surface area (Å²) in [6.07, 6.45) is -8.55. The number of ether oxygens (including phenoxy) is 1. The molecule has 3 rings (SSSR count). The first kappa shape index (κ1) is 22.6. The Morgan fingerprint density at radius 2 is 1.73 bits per heavy atom. The molecule has 9 heteroatoms. The van der Waals surface area contributed by atoms with E-state index in [4.69, 9.17) is 4.74 Å². The number of hydrogen-bond acceptors (Lipinski definition) is 6. The molecule has 4 N–H and O–H groups in total. The summed E-state index contributed by atoms with van der Waals surface area (Å²) in [6.45, 7) is 3.02. The van der Waals surface area contributed by atoms with Gasteiger partial charge in [0.1, 0.15) is 24.4 Å². The summed E-state index contributed by atoms with van der Waals surface area (Å²) < 4.78 is 44.5. The highest BCUT2D eigenvalue weighted by molar-refractivity contribution is 5.65. The van der Waals surface area contributed by atoms with Gasteiger partial charge in [0.25, 0.3) is 0 Å². The van der Waals surface area contributed by atoms with Crippen LogP contribution in [0.3, 0.4) is 0 Å². The first-order valence-electron chi connectivity index (χ1n) is 9.48. The number of aromatic nitrogens is 1.